The molecule has 1 N–H and O–H groups in total. The summed E-state index contributed by atoms with van der Waals surface area (Å²) in [6.45, 7) is 7.14. The van der Waals surface area contributed by atoms with E-state index in [1.54, 1.807) is 13.2 Å². The fraction of sp³-hybridized carbons (Fsp3) is 0.588. The zero-order valence-corrected chi connectivity index (χ0v) is 13.9. The van der Waals surface area contributed by atoms with Crippen molar-refractivity contribution in [2.45, 2.75) is 45.8 Å². The van der Waals surface area contributed by atoms with Gasteiger partial charge in [0.1, 0.15) is 11.5 Å². The average molecular weight is 309 g/mol. The van der Waals surface area contributed by atoms with Crippen molar-refractivity contribution in [1.82, 2.24) is 5.32 Å². The Morgan fingerprint density at radius 3 is 2.64 bits per heavy atom. The molecule has 1 rings (SSSR count). The van der Waals surface area contributed by atoms with Crippen LogP contribution in [0, 0.1) is 0 Å². The van der Waals surface area contributed by atoms with Crippen molar-refractivity contribution >= 4 is 5.91 Å². The van der Waals surface area contributed by atoms with Crippen molar-refractivity contribution in [2.75, 3.05) is 20.3 Å². The first-order chi connectivity index (χ1) is 10.6. The van der Waals surface area contributed by atoms with E-state index in [-0.39, 0.29) is 12.0 Å². The Balaban J connectivity index is 2.40. The maximum Gasteiger partial charge on any atom is 0.261 e. The second kappa shape index (κ2) is 10.1. The first-order valence-corrected chi connectivity index (χ1v) is 7.76. The summed E-state index contributed by atoms with van der Waals surface area (Å²) in [5, 5.41) is 2.88. The molecule has 0 fully saturated rings. The molecule has 1 aromatic rings. The number of nitrogens with one attached hydrogen (secondary N) is 1. The Hall–Kier alpha value is -1.75. The molecule has 1 amide bonds. The standard InChI is InChI=1S/C17H27NO4/c1-5-16(17(19)18-10-7-11-21-13(2)3)22-15-9-6-8-14(12-15)20-4/h6,8-9,12-13,16H,5,7,10-11H2,1-4H3,(H,18,19)/t16-/m1/s1. The number of hydrogen-bond donors (Lipinski definition) is 1. The van der Waals surface area contributed by atoms with Crippen LogP contribution in [0.5, 0.6) is 11.5 Å². The molecule has 1 atom stereocenters. The van der Waals surface area contributed by atoms with E-state index < -0.39 is 6.10 Å². The predicted octanol–water partition coefficient (Wildman–Crippen LogP) is 2.78. The molecule has 5 nitrogen and oxygen atoms in total. The Kier molecular flexibility index (Phi) is 8.36. The topological polar surface area (TPSA) is 56.8 Å². The molecule has 22 heavy (non-hydrogen) atoms. The van der Waals surface area contributed by atoms with Crippen molar-refractivity contribution in [1.29, 1.82) is 0 Å². The van der Waals surface area contributed by atoms with Gasteiger partial charge in [-0.3, -0.25) is 4.79 Å². The van der Waals surface area contributed by atoms with Gasteiger partial charge in [0.2, 0.25) is 0 Å². The number of ether oxygens (including phenoxy) is 3. The van der Waals surface area contributed by atoms with Crippen molar-refractivity contribution in [3.63, 3.8) is 0 Å². The van der Waals surface area contributed by atoms with E-state index in [4.69, 9.17) is 14.2 Å². The molecule has 0 aromatic heterocycles. The van der Waals surface area contributed by atoms with Crippen LogP contribution >= 0.6 is 0 Å². The summed E-state index contributed by atoms with van der Waals surface area (Å²) in [4.78, 5) is 12.1. The largest absolute Gasteiger partial charge is 0.497 e. The lowest BCUT2D eigenvalue weighted by Gasteiger charge is -2.17. The van der Waals surface area contributed by atoms with E-state index in [0.29, 0.717) is 31.1 Å². The molecule has 0 unspecified atom stereocenters. The minimum atomic E-state index is -0.502. The van der Waals surface area contributed by atoms with E-state index in [1.807, 2.05) is 39.0 Å². The molecule has 0 aliphatic carbocycles. The number of amides is 1. The molecule has 0 heterocycles. The van der Waals surface area contributed by atoms with Crippen LogP contribution in [0.25, 0.3) is 0 Å². The van der Waals surface area contributed by atoms with Crippen molar-refractivity contribution in [2.24, 2.45) is 0 Å². The highest BCUT2D eigenvalue weighted by molar-refractivity contribution is 5.81. The molecule has 0 bridgehead atoms. The van der Waals surface area contributed by atoms with Crippen LogP contribution in [0.15, 0.2) is 24.3 Å². The predicted molar refractivity (Wildman–Crippen MR) is 86.4 cm³/mol. The van der Waals surface area contributed by atoms with Gasteiger partial charge in [-0.05, 0) is 38.8 Å². The molecule has 1 aromatic carbocycles. The molecule has 5 heteroatoms. The van der Waals surface area contributed by atoms with Gasteiger partial charge in [-0.25, -0.2) is 0 Å². The quantitative estimate of drug-likeness (QED) is 0.675. The molecule has 124 valence electrons. The third-order valence-corrected chi connectivity index (χ3v) is 3.05. The van der Waals surface area contributed by atoms with Crippen molar-refractivity contribution < 1.29 is 19.0 Å². The summed E-state index contributed by atoms with van der Waals surface area (Å²) in [6.07, 6.45) is 1.11. The first kappa shape index (κ1) is 18.3. The highest BCUT2D eigenvalue weighted by Gasteiger charge is 2.17. The zero-order valence-electron chi connectivity index (χ0n) is 13.9. The second-order valence-corrected chi connectivity index (χ2v) is 5.26. The summed E-state index contributed by atoms with van der Waals surface area (Å²) >= 11 is 0. The van der Waals surface area contributed by atoms with Crippen LogP contribution in [-0.2, 0) is 9.53 Å². The summed E-state index contributed by atoms with van der Waals surface area (Å²) in [5.74, 6) is 1.23. The van der Waals surface area contributed by atoms with Crippen LogP contribution < -0.4 is 14.8 Å². The van der Waals surface area contributed by atoms with Gasteiger partial charge in [0.25, 0.3) is 5.91 Å². The lowest BCUT2D eigenvalue weighted by molar-refractivity contribution is -0.128. The molecule has 0 radical (unpaired) electrons. The average Bonchev–Trinajstić information content (AvgIpc) is 2.52. The molecule has 0 spiro atoms. The van der Waals surface area contributed by atoms with Gasteiger partial charge >= 0.3 is 0 Å². The summed E-state index contributed by atoms with van der Waals surface area (Å²) in [6, 6.07) is 7.26. The Bertz CT molecular complexity index is 448. The summed E-state index contributed by atoms with van der Waals surface area (Å²) in [5.41, 5.74) is 0. The van der Waals surface area contributed by atoms with Gasteiger partial charge in [-0.2, -0.15) is 0 Å². The van der Waals surface area contributed by atoms with Gasteiger partial charge in [0.05, 0.1) is 13.2 Å². The van der Waals surface area contributed by atoms with E-state index in [1.165, 1.54) is 0 Å². The van der Waals surface area contributed by atoms with E-state index >= 15 is 0 Å². The molecule has 0 saturated heterocycles. The first-order valence-electron chi connectivity index (χ1n) is 7.76. The van der Waals surface area contributed by atoms with Gasteiger partial charge in [-0.1, -0.05) is 13.0 Å². The molecule has 0 aliphatic rings. The van der Waals surface area contributed by atoms with Crippen LogP contribution in [0.4, 0.5) is 0 Å². The molecule has 0 aliphatic heterocycles. The van der Waals surface area contributed by atoms with Crippen LogP contribution in [0.1, 0.15) is 33.6 Å². The highest BCUT2D eigenvalue weighted by atomic mass is 16.5. The number of benzene rings is 1. The fourth-order valence-electron chi connectivity index (χ4n) is 1.88. The van der Waals surface area contributed by atoms with Gasteiger partial charge in [0.15, 0.2) is 6.10 Å². The van der Waals surface area contributed by atoms with Crippen LogP contribution in [0.3, 0.4) is 0 Å². The minimum absolute atomic E-state index is 0.102. The van der Waals surface area contributed by atoms with E-state index in [0.717, 1.165) is 6.42 Å². The number of carbonyl (C=O) groups is 1. The molecular formula is C17H27NO4. The minimum Gasteiger partial charge on any atom is -0.497 e. The normalized spacial score (nSPS) is 12.0. The summed E-state index contributed by atoms with van der Waals surface area (Å²) in [7, 11) is 1.60. The van der Waals surface area contributed by atoms with Gasteiger partial charge in [0, 0.05) is 19.2 Å². The van der Waals surface area contributed by atoms with Crippen LogP contribution in [0.2, 0.25) is 0 Å². The lowest BCUT2D eigenvalue weighted by atomic mass is 10.2. The Morgan fingerprint density at radius 2 is 2.00 bits per heavy atom. The maximum absolute atomic E-state index is 12.1. The number of carbonyl (C=O) groups excluding carboxylic acids is 1. The second-order valence-electron chi connectivity index (χ2n) is 5.26. The third kappa shape index (κ3) is 6.80. The fourth-order valence-corrected chi connectivity index (χ4v) is 1.88. The SMILES string of the molecule is CC[C@@H](Oc1cccc(OC)c1)C(=O)NCCCOC(C)C. The Morgan fingerprint density at radius 1 is 1.27 bits per heavy atom. The lowest BCUT2D eigenvalue weighted by Crippen LogP contribution is -2.38. The third-order valence-electron chi connectivity index (χ3n) is 3.05. The number of methoxy groups -OCH3 is 1. The smallest absolute Gasteiger partial charge is 0.261 e. The van der Waals surface area contributed by atoms with Crippen LogP contribution in [-0.4, -0.2) is 38.4 Å². The molecular weight excluding hydrogens is 282 g/mol. The summed E-state index contributed by atoms with van der Waals surface area (Å²) < 4.78 is 16.3. The van der Waals surface area contributed by atoms with E-state index in [2.05, 4.69) is 5.32 Å². The number of hydrogen-bond acceptors (Lipinski definition) is 4. The van der Waals surface area contributed by atoms with Gasteiger partial charge in [-0.15, -0.1) is 0 Å². The molecule has 0 saturated carbocycles. The Labute approximate surface area is 132 Å². The van der Waals surface area contributed by atoms with E-state index in [9.17, 15) is 4.79 Å². The zero-order chi connectivity index (χ0) is 16.4. The van der Waals surface area contributed by atoms with Crippen molar-refractivity contribution in [3.05, 3.63) is 24.3 Å². The monoisotopic (exact) mass is 309 g/mol. The van der Waals surface area contributed by atoms with Crippen molar-refractivity contribution in [3.8, 4) is 11.5 Å². The maximum atomic E-state index is 12.1. The highest BCUT2D eigenvalue weighted by Crippen LogP contribution is 2.20. The number of rotatable bonds is 10. The van der Waals surface area contributed by atoms with Gasteiger partial charge < -0.3 is 19.5 Å².